The van der Waals surface area contributed by atoms with Crippen molar-refractivity contribution in [3.63, 3.8) is 0 Å². The third-order valence-corrected chi connectivity index (χ3v) is 3.39. The van der Waals surface area contributed by atoms with Crippen LogP contribution in [0.5, 0.6) is 0 Å². The summed E-state index contributed by atoms with van der Waals surface area (Å²) in [6.07, 6.45) is 3.85. The summed E-state index contributed by atoms with van der Waals surface area (Å²) in [6, 6.07) is 6.27. The van der Waals surface area contributed by atoms with E-state index in [1.54, 1.807) is 18.2 Å². The molecule has 4 heteroatoms. The van der Waals surface area contributed by atoms with Crippen molar-refractivity contribution in [2.75, 3.05) is 5.01 Å². The molecule has 17 heavy (non-hydrogen) atoms. The molecule has 0 radical (unpaired) electrons. The van der Waals surface area contributed by atoms with Gasteiger partial charge in [0.05, 0.1) is 11.6 Å². The Morgan fingerprint density at radius 3 is 2.88 bits per heavy atom. The number of hydrogen-bond donors (Lipinski definition) is 0. The number of rotatable bonds is 1. The lowest BCUT2D eigenvalue weighted by Gasteiger charge is -2.17. The highest BCUT2D eigenvalue weighted by atomic mass is 19.1. The van der Waals surface area contributed by atoms with Gasteiger partial charge in [0, 0.05) is 0 Å². The molecule has 1 aliphatic carbocycles. The summed E-state index contributed by atoms with van der Waals surface area (Å²) in [5, 5.41) is 5.52. The van der Waals surface area contributed by atoms with E-state index in [1.807, 2.05) is 0 Å². The number of carbonyl (C=O) groups is 1. The fourth-order valence-corrected chi connectivity index (χ4v) is 2.50. The molecule has 88 valence electrons. The van der Waals surface area contributed by atoms with E-state index in [4.69, 9.17) is 0 Å². The minimum absolute atomic E-state index is 0.0789. The zero-order valence-corrected chi connectivity index (χ0v) is 9.40. The molecular weight excluding hydrogens is 219 g/mol. The molecule has 1 fully saturated rings. The van der Waals surface area contributed by atoms with Crippen LogP contribution < -0.4 is 5.01 Å². The van der Waals surface area contributed by atoms with E-state index in [-0.39, 0.29) is 17.5 Å². The summed E-state index contributed by atoms with van der Waals surface area (Å²) >= 11 is 0. The Morgan fingerprint density at radius 2 is 2.12 bits per heavy atom. The van der Waals surface area contributed by atoms with E-state index in [9.17, 15) is 9.18 Å². The summed E-state index contributed by atoms with van der Waals surface area (Å²) in [7, 11) is 0. The fourth-order valence-electron chi connectivity index (χ4n) is 2.50. The van der Waals surface area contributed by atoms with Gasteiger partial charge in [-0.3, -0.25) is 4.79 Å². The summed E-state index contributed by atoms with van der Waals surface area (Å²) in [4.78, 5) is 12.1. The van der Waals surface area contributed by atoms with Gasteiger partial charge in [-0.25, -0.2) is 4.39 Å². The molecule has 0 spiro atoms. The molecule has 0 N–H and O–H groups in total. The van der Waals surface area contributed by atoms with Gasteiger partial charge in [0.25, 0.3) is 5.91 Å². The van der Waals surface area contributed by atoms with Crippen molar-refractivity contribution in [3.05, 3.63) is 30.1 Å². The highest BCUT2D eigenvalue weighted by Crippen LogP contribution is 2.32. The highest BCUT2D eigenvalue weighted by Gasteiger charge is 2.38. The Balaban J connectivity index is 1.98. The number of hydrazone groups is 1. The van der Waals surface area contributed by atoms with Gasteiger partial charge in [-0.1, -0.05) is 18.6 Å². The van der Waals surface area contributed by atoms with Gasteiger partial charge >= 0.3 is 0 Å². The van der Waals surface area contributed by atoms with Gasteiger partial charge in [0.1, 0.15) is 11.5 Å². The first-order chi connectivity index (χ1) is 8.27. The molecule has 1 aromatic rings. The second-order valence-electron chi connectivity index (χ2n) is 4.49. The van der Waals surface area contributed by atoms with Crippen LogP contribution in [0.3, 0.4) is 0 Å². The summed E-state index contributed by atoms with van der Waals surface area (Å²) in [6.45, 7) is 0. The summed E-state index contributed by atoms with van der Waals surface area (Å²) < 4.78 is 13.6. The number of nitrogens with zero attached hydrogens (tertiary/aromatic N) is 2. The SMILES string of the molecule is O=C1C2CCCCC2=NN1c1ccccc1F. The van der Waals surface area contributed by atoms with Crippen LogP contribution in [0.2, 0.25) is 0 Å². The van der Waals surface area contributed by atoms with Crippen LogP contribution in [0.25, 0.3) is 0 Å². The molecule has 1 aromatic carbocycles. The number of amides is 1. The van der Waals surface area contributed by atoms with E-state index >= 15 is 0 Å². The molecule has 0 aromatic heterocycles. The van der Waals surface area contributed by atoms with Gasteiger partial charge in [-0.05, 0) is 31.4 Å². The van der Waals surface area contributed by atoms with Crippen molar-refractivity contribution >= 4 is 17.3 Å². The lowest BCUT2D eigenvalue weighted by Crippen LogP contribution is -2.29. The molecule has 3 nitrogen and oxygen atoms in total. The van der Waals surface area contributed by atoms with Crippen molar-refractivity contribution < 1.29 is 9.18 Å². The molecule has 0 saturated heterocycles. The maximum absolute atomic E-state index is 13.6. The van der Waals surface area contributed by atoms with Crippen LogP contribution in [0.4, 0.5) is 10.1 Å². The summed E-state index contributed by atoms with van der Waals surface area (Å²) in [5.41, 5.74) is 1.18. The van der Waals surface area contributed by atoms with Crippen LogP contribution in [-0.2, 0) is 4.79 Å². The van der Waals surface area contributed by atoms with Crippen molar-refractivity contribution in [1.29, 1.82) is 0 Å². The molecule has 1 atom stereocenters. The lowest BCUT2D eigenvalue weighted by molar-refractivity contribution is -0.120. The largest absolute Gasteiger partial charge is 0.272 e. The maximum Gasteiger partial charge on any atom is 0.256 e. The monoisotopic (exact) mass is 232 g/mol. The van der Waals surface area contributed by atoms with Crippen LogP contribution in [0.1, 0.15) is 25.7 Å². The number of para-hydroxylation sites is 1. The van der Waals surface area contributed by atoms with Gasteiger partial charge in [0.2, 0.25) is 0 Å². The van der Waals surface area contributed by atoms with Gasteiger partial charge < -0.3 is 0 Å². The van der Waals surface area contributed by atoms with Crippen molar-refractivity contribution in [2.24, 2.45) is 11.0 Å². The standard InChI is InChI=1S/C13H13FN2O/c14-10-6-2-4-8-12(10)16-13(17)9-5-1-3-7-11(9)15-16/h2,4,6,8-9H,1,3,5,7H2. The topological polar surface area (TPSA) is 32.7 Å². The van der Waals surface area contributed by atoms with Gasteiger partial charge in [-0.2, -0.15) is 10.1 Å². The quantitative estimate of drug-likeness (QED) is 0.732. The van der Waals surface area contributed by atoms with Crippen molar-refractivity contribution in [1.82, 2.24) is 0 Å². The second kappa shape index (κ2) is 3.95. The average Bonchev–Trinajstić information content (AvgIpc) is 2.68. The predicted molar refractivity (Wildman–Crippen MR) is 63.3 cm³/mol. The molecule has 1 aliphatic heterocycles. The molecule has 0 bridgehead atoms. The van der Waals surface area contributed by atoms with E-state index in [2.05, 4.69) is 5.10 Å². The van der Waals surface area contributed by atoms with E-state index in [0.29, 0.717) is 0 Å². The molecule has 3 rings (SSSR count). The Morgan fingerprint density at radius 1 is 1.29 bits per heavy atom. The Bertz CT molecular complexity index is 498. The maximum atomic E-state index is 13.6. The fraction of sp³-hybridized carbons (Fsp3) is 0.385. The van der Waals surface area contributed by atoms with Gasteiger partial charge in [0.15, 0.2) is 0 Å². The smallest absolute Gasteiger partial charge is 0.256 e. The zero-order chi connectivity index (χ0) is 11.8. The number of carbonyl (C=O) groups excluding carboxylic acids is 1. The first-order valence-corrected chi connectivity index (χ1v) is 5.93. The second-order valence-corrected chi connectivity index (χ2v) is 4.49. The third kappa shape index (κ3) is 1.64. The molecular formula is C13H13FN2O. The summed E-state index contributed by atoms with van der Waals surface area (Å²) in [5.74, 6) is -0.586. The number of fused-ring (bicyclic) bond motifs is 1. The third-order valence-electron chi connectivity index (χ3n) is 3.39. The first kappa shape index (κ1) is 10.4. The van der Waals surface area contributed by atoms with E-state index in [0.717, 1.165) is 31.4 Å². The Kier molecular flexibility index (Phi) is 2.42. The Labute approximate surface area is 98.9 Å². The van der Waals surface area contributed by atoms with Crippen LogP contribution >= 0.6 is 0 Å². The van der Waals surface area contributed by atoms with Crippen molar-refractivity contribution in [3.8, 4) is 0 Å². The number of hydrogen-bond acceptors (Lipinski definition) is 2. The number of halogens is 1. The first-order valence-electron chi connectivity index (χ1n) is 5.93. The normalized spacial score (nSPS) is 23.6. The molecule has 1 heterocycles. The van der Waals surface area contributed by atoms with Crippen LogP contribution in [0.15, 0.2) is 29.4 Å². The minimum Gasteiger partial charge on any atom is -0.272 e. The van der Waals surface area contributed by atoms with Crippen LogP contribution in [-0.4, -0.2) is 11.6 Å². The van der Waals surface area contributed by atoms with E-state index in [1.165, 1.54) is 11.1 Å². The molecule has 2 aliphatic rings. The van der Waals surface area contributed by atoms with E-state index < -0.39 is 5.82 Å². The van der Waals surface area contributed by atoms with Crippen LogP contribution in [0, 0.1) is 11.7 Å². The van der Waals surface area contributed by atoms with Crippen molar-refractivity contribution in [2.45, 2.75) is 25.7 Å². The predicted octanol–water partition coefficient (Wildman–Crippen LogP) is 2.72. The molecule has 1 amide bonds. The zero-order valence-electron chi connectivity index (χ0n) is 9.40. The highest BCUT2D eigenvalue weighted by molar-refractivity contribution is 6.15. The Hall–Kier alpha value is -1.71. The molecule has 1 saturated carbocycles. The van der Waals surface area contributed by atoms with Gasteiger partial charge in [-0.15, -0.1) is 0 Å². The number of benzene rings is 1. The molecule has 1 unspecified atom stereocenters. The average molecular weight is 232 g/mol. The lowest BCUT2D eigenvalue weighted by atomic mass is 9.87. The number of anilines is 1. The minimum atomic E-state index is -0.399.